The monoisotopic (exact) mass is 1120 g/mol. The molecule has 7 nitrogen and oxygen atoms in total. The van der Waals surface area contributed by atoms with E-state index in [1.807, 2.05) is 27.7 Å². The second-order valence-electron chi connectivity index (χ2n) is 27.0. The predicted molar refractivity (Wildman–Crippen MR) is 366 cm³/mol. The van der Waals surface area contributed by atoms with Gasteiger partial charge in [0.05, 0.1) is 16.6 Å². The fraction of sp³-hybridized carbons (Fsp3) is 0.152. The number of nitrogens with zero attached hydrogens (tertiary/aromatic N) is 7. The molecule has 2 aliphatic rings. The predicted octanol–water partition coefficient (Wildman–Crippen LogP) is 17.7. The normalized spacial score (nSPS) is 13.1. The maximum absolute atomic E-state index is 5.58. The molecule has 0 saturated heterocycles. The number of rotatable bonds is 3. The molecule has 0 N–H and O–H groups in total. The number of pyridine rings is 2. The van der Waals surface area contributed by atoms with Crippen molar-refractivity contribution in [1.29, 1.82) is 0 Å². The zero-order chi connectivity index (χ0) is 58.8. The van der Waals surface area contributed by atoms with Crippen molar-refractivity contribution in [2.75, 3.05) is 0 Å². The number of hydrogen-bond donors (Lipinski definition) is 0. The molecule has 0 spiro atoms. The molecule has 16 aromatic rings. The molecule has 5 aromatic heterocycles. The van der Waals surface area contributed by atoms with E-state index in [-0.39, 0.29) is 17.5 Å². The average Bonchev–Trinajstić information content (AvgIpc) is 1.59. The highest BCUT2D eigenvalue weighted by Crippen LogP contribution is 2.50. The molecular formula is C79H60BN7. The molecule has 87 heavy (non-hydrogen) atoms. The minimum atomic E-state index is -0.166. The Morgan fingerprint density at radius 3 is 1.22 bits per heavy atom. The van der Waals surface area contributed by atoms with Crippen LogP contribution in [0.2, 0.25) is 0 Å². The van der Waals surface area contributed by atoms with Gasteiger partial charge in [-0.05, 0) is 181 Å². The molecule has 8 heteroatoms. The first-order valence-electron chi connectivity index (χ1n) is 30.6. The summed E-state index contributed by atoms with van der Waals surface area (Å²) in [4.78, 5) is 26.1. The molecule has 0 saturated carbocycles. The van der Waals surface area contributed by atoms with Crippen LogP contribution >= 0.6 is 0 Å². The third kappa shape index (κ3) is 6.98. The van der Waals surface area contributed by atoms with Crippen LogP contribution in [0.15, 0.2) is 182 Å². The highest BCUT2D eigenvalue weighted by Gasteiger charge is 2.43. The molecule has 0 radical (unpaired) electrons. The smallest absolute Gasteiger partial charge is 0.252 e. The molecular weight excluding hydrogens is 1060 g/mol. The van der Waals surface area contributed by atoms with Crippen molar-refractivity contribution in [3.63, 3.8) is 0 Å². The lowest BCUT2D eigenvalue weighted by Gasteiger charge is -2.35. The first kappa shape index (κ1) is 50.3. The quantitative estimate of drug-likeness (QED) is 0.130. The van der Waals surface area contributed by atoms with Gasteiger partial charge in [0.15, 0.2) is 17.5 Å². The van der Waals surface area contributed by atoms with Gasteiger partial charge in [-0.2, -0.15) is 0 Å². The molecule has 2 aliphatic heterocycles. The van der Waals surface area contributed by atoms with Gasteiger partial charge in [0, 0.05) is 88.7 Å². The summed E-state index contributed by atoms with van der Waals surface area (Å²) in [6, 6.07) is 69.4. The number of benzene rings is 11. The van der Waals surface area contributed by atoms with Gasteiger partial charge in [-0.15, -0.1) is 0 Å². The molecule has 11 aromatic carbocycles. The van der Waals surface area contributed by atoms with Gasteiger partial charge in [-0.3, -0.25) is 9.97 Å². The zero-order valence-electron chi connectivity index (χ0n) is 50.5. The van der Waals surface area contributed by atoms with Crippen LogP contribution in [0.5, 0.6) is 0 Å². The summed E-state index contributed by atoms with van der Waals surface area (Å²) in [7, 11) is 0. The van der Waals surface area contributed by atoms with Gasteiger partial charge < -0.3 is 9.13 Å². The standard InChI is InChI=1S/C79H60BN7/c1-41-31-45(32-42(2)81-41)75-83-76(46-33-43(3)82-44(4)34-46)85-77(84-75)47-35-66-72-67(36-47)87-65-30-28-58-54-23-13-11-19-50(54)52-21-15-17-25-56(52)68(58)70(65)71-69-57-26-18-16-22-53(57)51-20-12-14-24-55(51)60(69)40-63(74(71)87)80(72)62-39-49(79(8,9)10)38-61-59-37-48(78(5,6)7)27-29-64(59)86(66)73(61)62/h11-40H,1-10H3. The lowest BCUT2D eigenvalue weighted by atomic mass is 9.34. The molecule has 0 atom stereocenters. The molecule has 7 heterocycles. The van der Waals surface area contributed by atoms with Crippen molar-refractivity contribution >= 4 is 131 Å². The van der Waals surface area contributed by atoms with E-state index in [1.165, 1.54) is 130 Å². The van der Waals surface area contributed by atoms with E-state index < -0.39 is 0 Å². The Balaban J connectivity index is 1.09. The number of hydrogen-bond acceptors (Lipinski definition) is 5. The highest BCUT2D eigenvalue weighted by molar-refractivity contribution is 7.00. The van der Waals surface area contributed by atoms with Crippen molar-refractivity contribution < 1.29 is 0 Å². The molecule has 0 unspecified atom stereocenters. The number of fused-ring (bicyclic) bond motifs is 24. The maximum Gasteiger partial charge on any atom is 0.252 e. The summed E-state index contributed by atoms with van der Waals surface area (Å²) >= 11 is 0. The van der Waals surface area contributed by atoms with Crippen molar-refractivity contribution in [3.05, 3.63) is 216 Å². The van der Waals surface area contributed by atoms with Crippen LogP contribution < -0.4 is 16.4 Å². The summed E-state index contributed by atoms with van der Waals surface area (Å²) in [6.45, 7) is 22.1. The van der Waals surface area contributed by atoms with E-state index >= 15 is 0 Å². The van der Waals surface area contributed by atoms with Crippen LogP contribution in [0.1, 0.15) is 75.4 Å². The summed E-state index contributed by atoms with van der Waals surface area (Å²) < 4.78 is 5.28. The van der Waals surface area contributed by atoms with Gasteiger partial charge in [0.25, 0.3) is 6.71 Å². The van der Waals surface area contributed by atoms with Crippen molar-refractivity contribution in [3.8, 4) is 45.5 Å². The topological polar surface area (TPSA) is 74.3 Å². The molecule has 0 amide bonds. The first-order chi connectivity index (χ1) is 42.0. The summed E-state index contributed by atoms with van der Waals surface area (Å²) in [5.41, 5.74) is 19.7. The largest absolute Gasteiger partial charge is 0.310 e. The van der Waals surface area contributed by atoms with E-state index in [1.54, 1.807) is 0 Å². The van der Waals surface area contributed by atoms with E-state index in [0.717, 1.165) is 56.4 Å². The van der Waals surface area contributed by atoms with Gasteiger partial charge in [-0.1, -0.05) is 163 Å². The summed E-state index contributed by atoms with van der Waals surface area (Å²) in [5, 5.41) is 20.2. The van der Waals surface area contributed by atoms with E-state index in [9.17, 15) is 0 Å². The van der Waals surface area contributed by atoms with Gasteiger partial charge >= 0.3 is 0 Å². The second kappa shape index (κ2) is 17.3. The zero-order valence-corrected chi connectivity index (χ0v) is 50.5. The highest BCUT2D eigenvalue weighted by atomic mass is 15.1. The Morgan fingerprint density at radius 1 is 0.310 bits per heavy atom. The van der Waals surface area contributed by atoms with Gasteiger partial charge in [0.2, 0.25) is 0 Å². The molecule has 18 rings (SSSR count). The van der Waals surface area contributed by atoms with Crippen LogP contribution in [0.3, 0.4) is 0 Å². The Kier molecular flexibility index (Phi) is 10.0. The lowest BCUT2D eigenvalue weighted by molar-refractivity contribution is 0.590. The second-order valence-corrected chi connectivity index (χ2v) is 27.0. The maximum atomic E-state index is 5.58. The minimum absolute atomic E-state index is 0.0706. The fourth-order valence-corrected chi connectivity index (χ4v) is 15.7. The average molecular weight is 1120 g/mol. The van der Waals surface area contributed by atoms with Gasteiger partial charge in [-0.25, -0.2) is 15.0 Å². The lowest BCUT2D eigenvalue weighted by Crippen LogP contribution is -2.59. The van der Waals surface area contributed by atoms with Crippen molar-refractivity contribution in [2.24, 2.45) is 0 Å². The number of aromatic nitrogens is 7. The van der Waals surface area contributed by atoms with Crippen LogP contribution in [-0.2, 0) is 10.8 Å². The summed E-state index contributed by atoms with van der Waals surface area (Å²) in [6.07, 6.45) is 0. The molecule has 0 bridgehead atoms. The third-order valence-electron chi connectivity index (χ3n) is 19.4. The van der Waals surface area contributed by atoms with Crippen molar-refractivity contribution in [1.82, 2.24) is 34.1 Å². The Labute approximate surface area is 504 Å². The molecule has 0 aliphatic carbocycles. The molecule has 0 fully saturated rings. The SMILES string of the molecule is Cc1cc(-c2nc(-c3cc(C)nc(C)c3)nc(-c3cc4c5c(c3)-n3c6ccc7c8ccccc8c8ccccc8c7c6c6c7c8ccccc8c8ccccc8c7cc(c63)B5c3cc(C(C)(C)C)cc5c6cc(C(C)(C)C)ccc6n-4c35)n2)cc(C)n1. The summed E-state index contributed by atoms with van der Waals surface area (Å²) in [5.74, 6) is 1.79. The van der Waals surface area contributed by atoms with Crippen LogP contribution in [0, 0.1) is 27.7 Å². The van der Waals surface area contributed by atoms with Crippen molar-refractivity contribution in [2.45, 2.75) is 80.1 Å². The number of aryl methyl sites for hydroxylation is 4. The Bertz CT molecular complexity index is 5700. The van der Waals surface area contributed by atoms with E-state index in [4.69, 9.17) is 24.9 Å². The first-order valence-corrected chi connectivity index (χ1v) is 30.6. The Morgan fingerprint density at radius 2 is 0.713 bits per heavy atom. The van der Waals surface area contributed by atoms with E-state index in [2.05, 4.69) is 233 Å². The minimum Gasteiger partial charge on any atom is -0.310 e. The fourth-order valence-electron chi connectivity index (χ4n) is 15.7. The van der Waals surface area contributed by atoms with Crippen LogP contribution in [0.25, 0.3) is 154 Å². The molecule has 414 valence electrons. The van der Waals surface area contributed by atoms with Crippen LogP contribution in [-0.4, -0.2) is 40.8 Å². The third-order valence-corrected chi connectivity index (χ3v) is 19.4. The van der Waals surface area contributed by atoms with Gasteiger partial charge in [0.1, 0.15) is 0 Å². The Hall–Kier alpha value is -10.0. The van der Waals surface area contributed by atoms with Crippen LogP contribution in [0.4, 0.5) is 0 Å². The van der Waals surface area contributed by atoms with E-state index in [0.29, 0.717) is 17.5 Å².